The van der Waals surface area contributed by atoms with Crippen LogP contribution in [0.5, 0.6) is 0 Å². The number of imidazole rings is 1. The molecule has 46 heavy (non-hydrogen) atoms. The number of carbonyl (C=O) groups is 3. The Morgan fingerprint density at radius 3 is 1.89 bits per heavy atom. The van der Waals surface area contributed by atoms with Gasteiger partial charge < -0.3 is 24.7 Å². The van der Waals surface area contributed by atoms with Gasteiger partial charge in [-0.05, 0) is 36.4 Å². The Balaban J connectivity index is 1.40. The number of ether oxygens (including phenoxy) is 4. The second-order valence-electron chi connectivity index (χ2n) is 10.6. The first-order chi connectivity index (χ1) is 22.3. The van der Waals surface area contributed by atoms with Gasteiger partial charge in [-0.15, -0.1) is 0 Å². The van der Waals surface area contributed by atoms with Crippen molar-refractivity contribution in [1.82, 2.24) is 19.5 Å². The highest BCUT2D eigenvalue weighted by Crippen LogP contribution is 2.39. The van der Waals surface area contributed by atoms with Crippen molar-refractivity contribution in [2.45, 2.75) is 31.5 Å². The van der Waals surface area contributed by atoms with Gasteiger partial charge in [0.1, 0.15) is 30.6 Å². The molecule has 0 amide bonds. The lowest BCUT2D eigenvalue weighted by molar-refractivity contribution is -0.227. The van der Waals surface area contributed by atoms with Crippen molar-refractivity contribution in [3.8, 4) is 0 Å². The van der Waals surface area contributed by atoms with E-state index in [-0.39, 0.29) is 34.4 Å². The summed E-state index contributed by atoms with van der Waals surface area (Å²) in [5, 5.41) is 0.0415. The summed E-state index contributed by atoms with van der Waals surface area (Å²) in [5.74, 6) is -2.71. The molecule has 0 radical (unpaired) electrons. The molecule has 12 nitrogen and oxygen atoms in total. The van der Waals surface area contributed by atoms with E-state index in [9.17, 15) is 14.4 Å². The first kappa shape index (κ1) is 30.7. The number of nitrogens with two attached hydrogens (primary N) is 1. The second kappa shape index (κ2) is 13.3. The molecule has 3 aromatic carbocycles. The predicted molar refractivity (Wildman–Crippen MR) is 166 cm³/mol. The number of aromatic nitrogens is 4. The Labute approximate surface area is 268 Å². The third-order valence-corrected chi connectivity index (χ3v) is 7.80. The van der Waals surface area contributed by atoms with Crippen LogP contribution in [0.3, 0.4) is 0 Å². The number of carbonyl (C=O) groups excluding carboxylic acids is 3. The van der Waals surface area contributed by atoms with Crippen molar-refractivity contribution in [2.75, 3.05) is 12.3 Å². The zero-order valence-corrected chi connectivity index (χ0v) is 25.2. The van der Waals surface area contributed by atoms with Crippen LogP contribution in [0, 0.1) is 5.92 Å². The number of nitrogen functional groups attached to an aromatic ring is 1. The summed E-state index contributed by atoms with van der Waals surface area (Å²) >= 11 is 6.29. The van der Waals surface area contributed by atoms with Crippen LogP contribution >= 0.6 is 11.6 Å². The molecular weight excluding hydrogens is 614 g/mol. The van der Waals surface area contributed by atoms with Crippen molar-refractivity contribution in [3.05, 3.63) is 119 Å². The minimum Gasteiger partial charge on any atom is -0.459 e. The number of halogens is 1. The quantitative estimate of drug-likeness (QED) is 0.139. The number of hydrogen-bond donors (Lipinski definition) is 1. The highest BCUT2D eigenvalue weighted by atomic mass is 35.5. The molecule has 5 atom stereocenters. The third kappa shape index (κ3) is 6.39. The minimum atomic E-state index is -1.20. The highest BCUT2D eigenvalue weighted by Gasteiger charge is 2.50. The van der Waals surface area contributed by atoms with Gasteiger partial charge in [-0.3, -0.25) is 4.57 Å². The van der Waals surface area contributed by atoms with E-state index >= 15 is 0 Å². The van der Waals surface area contributed by atoms with Gasteiger partial charge in [0, 0.05) is 5.92 Å². The van der Waals surface area contributed by atoms with E-state index in [4.69, 9.17) is 36.3 Å². The van der Waals surface area contributed by atoms with E-state index in [2.05, 4.69) is 15.0 Å². The van der Waals surface area contributed by atoms with Crippen LogP contribution < -0.4 is 5.73 Å². The van der Waals surface area contributed by atoms with E-state index < -0.39 is 48.4 Å². The van der Waals surface area contributed by atoms with E-state index in [0.29, 0.717) is 11.1 Å². The van der Waals surface area contributed by atoms with Crippen molar-refractivity contribution in [2.24, 2.45) is 5.92 Å². The molecule has 1 aliphatic heterocycles. The molecule has 0 spiro atoms. The standard InChI is InChI=1S/C33H28ClN5O7/c1-19-25(45-31(41)21-13-7-3-8-14-21)26(46-32(42)22-15-9-4-10-16-22)23(17-43-30(40)20-11-5-2-6-12-20)44-29(19)39-18-36-24-27(34)37-33(35)38-28(24)39/h2-16,18-19,23,25-26,29H,17H2,1H3,(H2,35,37,38). The summed E-state index contributed by atoms with van der Waals surface area (Å²) in [6.45, 7) is 1.41. The summed E-state index contributed by atoms with van der Waals surface area (Å²) in [6.07, 6.45) is -2.87. The zero-order valence-electron chi connectivity index (χ0n) is 24.4. The third-order valence-electron chi connectivity index (χ3n) is 7.54. The Hall–Kier alpha value is -5.33. The molecule has 0 saturated carbocycles. The average Bonchev–Trinajstić information content (AvgIpc) is 3.50. The van der Waals surface area contributed by atoms with E-state index in [0.717, 1.165) is 0 Å². The molecule has 13 heteroatoms. The van der Waals surface area contributed by atoms with Crippen molar-refractivity contribution < 1.29 is 33.3 Å². The fourth-order valence-electron chi connectivity index (χ4n) is 5.26. The summed E-state index contributed by atoms with van der Waals surface area (Å²) < 4.78 is 25.9. The number of nitrogens with zero attached hydrogens (tertiary/aromatic N) is 4. The van der Waals surface area contributed by atoms with E-state index in [1.54, 1.807) is 102 Å². The molecule has 2 N–H and O–H groups in total. The van der Waals surface area contributed by atoms with Gasteiger partial charge in [0.25, 0.3) is 0 Å². The monoisotopic (exact) mass is 641 g/mol. The maximum absolute atomic E-state index is 13.4. The Morgan fingerprint density at radius 2 is 1.33 bits per heavy atom. The maximum Gasteiger partial charge on any atom is 0.338 e. The lowest BCUT2D eigenvalue weighted by Crippen LogP contribution is -2.56. The summed E-state index contributed by atoms with van der Waals surface area (Å²) in [5.41, 5.74) is 7.31. The summed E-state index contributed by atoms with van der Waals surface area (Å²) in [6, 6.07) is 25.2. The average molecular weight is 642 g/mol. The zero-order chi connectivity index (χ0) is 32.2. The van der Waals surface area contributed by atoms with Gasteiger partial charge in [-0.2, -0.15) is 9.97 Å². The first-order valence-electron chi connectivity index (χ1n) is 14.4. The van der Waals surface area contributed by atoms with Gasteiger partial charge in [-0.1, -0.05) is 73.1 Å². The molecule has 234 valence electrons. The lowest BCUT2D eigenvalue weighted by Gasteiger charge is -2.44. The van der Waals surface area contributed by atoms with Crippen LogP contribution in [0.25, 0.3) is 11.2 Å². The Morgan fingerprint density at radius 1 is 0.804 bits per heavy atom. The molecule has 1 aliphatic rings. The SMILES string of the molecule is CC1C(OC(=O)c2ccccc2)C(OC(=O)c2ccccc2)C(COC(=O)c2ccccc2)OC1n1cnc2c(Cl)nc(N)nc21. The molecule has 2 aromatic heterocycles. The normalized spacial score (nSPS) is 21.0. The largest absolute Gasteiger partial charge is 0.459 e. The van der Waals surface area contributed by atoms with Gasteiger partial charge in [0.2, 0.25) is 5.95 Å². The molecule has 0 bridgehead atoms. The minimum absolute atomic E-state index is 0.0415. The number of anilines is 1. The van der Waals surface area contributed by atoms with Crippen LogP contribution in [0.15, 0.2) is 97.3 Å². The molecule has 1 saturated heterocycles. The van der Waals surface area contributed by atoms with E-state index in [1.165, 1.54) is 6.33 Å². The number of esters is 3. The smallest absolute Gasteiger partial charge is 0.338 e. The van der Waals surface area contributed by atoms with Gasteiger partial charge in [-0.25, -0.2) is 19.4 Å². The number of hydrogen-bond acceptors (Lipinski definition) is 11. The fourth-order valence-corrected chi connectivity index (χ4v) is 5.47. The molecule has 5 aromatic rings. The number of benzene rings is 3. The Bertz CT molecular complexity index is 1860. The van der Waals surface area contributed by atoms with Crippen molar-refractivity contribution >= 4 is 46.6 Å². The summed E-state index contributed by atoms with van der Waals surface area (Å²) in [4.78, 5) is 52.4. The van der Waals surface area contributed by atoms with E-state index in [1.807, 2.05) is 0 Å². The van der Waals surface area contributed by atoms with Crippen LogP contribution in [0.1, 0.15) is 44.2 Å². The first-order valence-corrected chi connectivity index (χ1v) is 14.7. The Kier molecular flexibility index (Phi) is 8.90. The molecule has 0 aliphatic carbocycles. The van der Waals surface area contributed by atoms with Gasteiger partial charge >= 0.3 is 17.9 Å². The summed E-state index contributed by atoms with van der Waals surface area (Å²) in [7, 11) is 0. The van der Waals surface area contributed by atoms with Crippen molar-refractivity contribution in [1.29, 1.82) is 0 Å². The van der Waals surface area contributed by atoms with Gasteiger partial charge in [0.05, 0.1) is 23.0 Å². The molecule has 6 rings (SSSR count). The molecule has 1 fully saturated rings. The van der Waals surface area contributed by atoms with Gasteiger partial charge in [0.15, 0.2) is 16.9 Å². The van der Waals surface area contributed by atoms with Crippen LogP contribution in [-0.4, -0.2) is 62.3 Å². The topological polar surface area (TPSA) is 158 Å². The lowest BCUT2D eigenvalue weighted by atomic mass is 9.90. The van der Waals surface area contributed by atoms with Crippen LogP contribution in [0.4, 0.5) is 5.95 Å². The predicted octanol–water partition coefficient (Wildman–Crippen LogP) is 4.90. The highest BCUT2D eigenvalue weighted by molar-refractivity contribution is 6.33. The number of rotatable bonds is 8. The maximum atomic E-state index is 13.4. The molecule has 5 unspecified atom stereocenters. The molecule has 3 heterocycles. The van der Waals surface area contributed by atoms with Crippen LogP contribution in [0.2, 0.25) is 5.15 Å². The van der Waals surface area contributed by atoms with Crippen molar-refractivity contribution in [3.63, 3.8) is 0 Å². The van der Waals surface area contributed by atoms with Crippen LogP contribution in [-0.2, 0) is 18.9 Å². The fraction of sp³-hybridized carbons (Fsp3) is 0.212. The second-order valence-corrected chi connectivity index (χ2v) is 10.9. The number of fused-ring (bicyclic) bond motifs is 1. The molecular formula is C33H28ClN5O7.